The number of ketones is 1. The number of amides is 1. The highest BCUT2D eigenvalue weighted by Crippen LogP contribution is 2.40. The monoisotopic (exact) mass is 429 g/mol. The van der Waals surface area contributed by atoms with E-state index in [9.17, 15) is 19.1 Å². The molecular formula is C27H24FNO3. The smallest absolute Gasteiger partial charge is 0.295 e. The van der Waals surface area contributed by atoms with Crippen molar-refractivity contribution < 1.29 is 19.1 Å². The Bertz CT molecular complexity index is 1200. The number of likely N-dealkylation sites (tertiary alicyclic amines) is 1. The van der Waals surface area contributed by atoms with Gasteiger partial charge in [-0.25, -0.2) is 4.39 Å². The number of halogens is 1. The number of rotatable bonds is 5. The SMILES string of the molecule is Cc1ccc(C)c(/C(O)=C2\C(=O)C(=O)N(CCc3ccccc3)C2c2ccc(F)cc2)c1. The van der Waals surface area contributed by atoms with Gasteiger partial charge >= 0.3 is 0 Å². The fourth-order valence-electron chi connectivity index (χ4n) is 4.13. The van der Waals surface area contributed by atoms with Gasteiger partial charge in [-0.1, -0.05) is 60.2 Å². The van der Waals surface area contributed by atoms with Gasteiger partial charge in [0, 0.05) is 12.1 Å². The molecule has 0 bridgehead atoms. The molecule has 1 atom stereocenters. The number of aryl methyl sites for hydroxylation is 2. The van der Waals surface area contributed by atoms with E-state index in [-0.39, 0.29) is 11.3 Å². The standard InChI is InChI=1S/C27H24FNO3/c1-17-8-9-18(2)22(16-17)25(30)23-24(20-10-12-21(28)13-11-20)29(27(32)26(23)31)15-14-19-6-4-3-5-7-19/h3-13,16,24,30H,14-15H2,1-2H3/b25-23+. The van der Waals surface area contributed by atoms with Crippen molar-refractivity contribution in [2.45, 2.75) is 26.3 Å². The number of hydrogen-bond acceptors (Lipinski definition) is 3. The Morgan fingerprint density at radius 3 is 2.34 bits per heavy atom. The molecule has 0 aromatic heterocycles. The minimum Gasteiger partial charge on any atom is -0.507 e. The Morgan fingerprint density at radius 1 is 0.969 bits per heavy atom. The first-order chi connectivity index (χ1) is 15.4. The Labute approximate surface area is 186 Å². The molecule has 1 aliphatic heterocycles. The second-order valence-electron chi connectivity index (χ2n) is 8.10. The molecule has 5 heteroatoms. The molecule has 4 nitrogen and oxygen atoms in total. The lowest BCUT2D eigenvalue weighted by Gasteiger charge is -2.25. The van der Waals surface area contributed by atoms with Crippen molar-refractivity contribution in [3.05, 3.63) is 112 Å². The molecule has 0 radical (unpaired) electrons. The summed E-state index contributed by atoms with van der Waals surface area (Å²) in [7, 11) is 0. The van der Waals surface area contributed by atoms with Crippen LogP contribution in [0.4, 0.5) is 4.39 Å². The topological polar surface area (TPSA) is 57.6 Å². The van der Waals surface area contributed by atoms with E-state index in [1.807, 2.05) is 56.3 Å². The summed E-state index contributed by atoms with van der Waals surface area (Å²) < 4.78 is 13.6. The summed E-state index contributed by atoms with van der Waals surface area (Å²) in [4.78, 5) is 27.6. The Hall–Kier alpha value is -3.73. The van der Waals surface area contributed by atoms with Crippen LogP contribution in [0.3, 0.4) is 0 Å². The molecule has 3 aromatic rings. The summed E-state index contributed by atoms with van der Waals surface area (Å²) in [5.74, 6) is -2.02. The number of benzene rings is 3. The third kappa shape index (κ3) is 4.06. The summed E-state index contributed by atoms with van der Waals surface area (Å²) in [6.45, 7) is 4.03. The van der Waals surface area contributed by atoms with Crippen molar-refractivity contribution in [3.8, 4) is 0 Å². The van der Waals surface area contributed by atoms with Crippen molar-refractivity contribution in [2.75, 3.05) is 6.54 Å². The normalized spacial score (nSPS) is 17.7. The van der Waals surface area contributed by atoms with Gasteiger partial charge in [0.1, 0.15) is 11.6 Å². The number of aliphatic hydroxyl groups is 1. The van der Waals surface area contributed by atoms with E-state index in [0.29, 0.717) is 24.1 Å². The highest BCUT2D eigenvalue weighted by Gasteiger charge is 2.45. The minimum atomic E-state index is -0.792. The van der Waals surface area contributed by atoms with Gasteiger partial charge in [0.2, 0.25) is 0 Å². The van der Waals surface area contributed by atoms with Gasteiger partial charge in [0.05, 0.1) is 11.6 Å². The van der Waals surface area contributed by atoms with Crippen molar-refractivity contribution in [3.63, 3.8) is 0 Å². The first-order valence-corrected chi connectivity index (χ1v) is 10.5. The van der Waals surface area contributed by atoms with Crippen LogP contribution in [0.15, 0.2) is 78.4 Å². The molecular weight excluding hydrogens is 405 g/mol. The van der Waals surface area contributed by atoms with Gasteiger partial charge in [0.15, 0.2) is 0 Å². The lowest BCUT2D eigenvalue weighted by atomic mass is 9.93. The molecule has 0 aliphatic carbocycles. The van der Waals surface area contributed by atoms with Crippen LogP contribution in [0.2, 0.25) is 0 Å². The van der Waals surface area contributed by atoms with Crippen LogP contribution < -0.4 is 0 Å². The number of carbonyl (C=O) groups is 2. The van der Waals surface area contributed by atoms with Crippen molar-refractivity contribution in [2.24, 2.45) is 0 Å². The summed E-state index contributed by atoms with van der Waals surface area (Å²) in [6.07, 6.45) is 0.551. The molecule has 0 saturated carbocycles. The first kappa shape index (κ1) is 21.5. The summed E-state index contributed by atoms with van der Waals surface area (Å²) in [5.41, 5.74) is 3.86. The van der Waals surface area contributed by atoms with Gasteiger partial charge in [-0.05, 0) is 55.2 Å². The number of nitrogens with zero attached hydrogens (tertiary/aromatic N) is 1. The van der Waals surface area contributed by atoms with Gasteiger partial charge in [-0.3, -0.25) is 9.59 Å². The quantitative estimate of drug-likeness (QED) is 0.348. The lowest BCUT2D eigenvalue weighted by Crippen LogP contribution is -2.31. The minimum absolute atomic E-state index is 0.0309. The second kappa shape index (κ2) is 8.79. The zero-order valence-corrected chi connectivity index (χ0v) is 18.0. The molecule has 1 amide bonds. The van der Waals surface area contributed by atoms with Gasteiger partial charge in [0.25, 0.3) is 11.7 Å². The maximum Gasteiger partial charge on any atom is 0.295 e. The van der Waals surface area contributed by atoms with E-state index in [1.165, 1.54) is 17.0 Å². The molecule has 1 N–H and O–H groups in total. The molecule has 3 aromatic carbocycles. The van der Waals surface area contributed by atoms with Gasteiger partial charge in [-0.2, -0.15) is 0 Å². The summed E-state index contributed by atoms with van der Waals surface area (Å²) >= 11 is 0. The molecule has 1 aliphatic rings. The maximum atomic E-state index is 13.6. The Kier molecular flexibility index (Phi) is 5.91. The summed E-state index contributed by atoms with van der Waals surface area (Å²) in [5, 5.41) is 11.2. The van der Waals surface area contributed by atoms with Crippen LogP contribution in [-0.2, 0) is 16.0 Å². The van der Waals surface area contributed by atoms with Crippen LogP contribution in [-0.4, -0.2) is 28.2 Å². The average Bonchev–Trinajstić information content (AvgIpc) is 3.05. The van der Waals surface area contributed by atoms with E-state index in [4.69, 9.17) is 0 Å². The zero-order valence-electron chi connectivity index (χ0n) is 18.0. The van der Waals surface area contributed by atoms with Crippen molar-refractivity contribution >= 4 is 17.4 Å². The van der Waals surface area contributed by atoms with E-state index in [2.05, 4.69) is 0 Å². The molecule has 0 spiro atoms. The van der Waals surface area contributed by atoms with Crippen molar-refractivity contribution in [1.29, 1.82) is 0 Å². The molecule has 4 rings (SSSR count). The Balaban J connectivity index is 1.82. The van der Waals surface area contributed by atoms with Crippen LogP contribution in [0.1, 0.15) is 33.9 Å². The number of aliphatic hydroxyl groups excluding tert-OH is 1. The highest BCUT2D eigenvalue weighted by molar-refractivity contribution is 6.46. The lowest BCUT2D eigenvalue weighted by molar-refractivity contribution is -0.139. The maximum absolute atomic E-state index is 13.6. The van der Waals surface area contributed by atoms with Crippen molar-refractivity contribution in [1.82, 2.24) is 4.90 Å². The molecule has 32 heavy (non-hydrogen) atoms. The molecule has 1 fully saturated rings. The van der Waals surface area contributed by atoms with E-state index in [1.54, 1.807) is 18.2 Å². The highest BCUT2D eigenvalue weighted by atomic mass is 19.1. The number of hydrogen-bond donors (Lipinski definition) is 1. The first-order valence-electron chi connectivity index (χ1n) is 10.5. The van der Waals surface area contributed by atoms with E-state index in [0.717, 1.165) is 16.7 Å². The van der Waals surface area contributed by atoms with Crippen LogP contribution in [0.5, 0.6) is 0 Å². The Morgan fingerprint density at radius 2 is 1.66 bits per heavy atom. The molecule has 162 valence electrons. The second-order valence-corrected chi connectivity index (χ2v) is 8.10. The predicted octanol–water partition coefficient (Wildman–Crippen LogP) is 5.11. The zero-order chi connectivity index (χ0) is 22.8. The molecule has 1 heterocycles. The third-order valence-corrected chi connectivity index (χ3v) is 5.86. The fourth-order valence-corrected chi connectivity index (χ4v) is 4.13. The largest absolute Gasteiger partial charge is 0.507 e. The van der Waals surface area contributed by atoms with Gasteiger partial charge in [-0.15, -0.1) is 0 Å². The van der Waals surface area contributed by atoms with Crippen LogP contribution in [0, 0.1) is 19.7 Å². The number of carbonyl (C=O) groups excluding carboxylic acids is 2. The van der Waals surface area contributed by atoms with E-state index < -0.39 is 23.5 Å². The predicted molar refractivity (Wildman–Crippen MR) is 121 cm³/mol. The van der Waals surface area contributed by atoms with Crippen LogP contribution in [0.25, 0.3) is 5.76 Å². The van der Waals surface area contributed by atoms with E-state index >= 15 is 0 Å². The van der Waals surface area contributed by atoms with Gasteiger partial charge < -0.3 is 10.0 Å². The molecule has 1 unspecified atom stereocenters. The third-order valence-electron chi connectivity index (χ3n) is 5.86. The molecule has 1 saturated heterocycles. The summed E-state index contributed by atoms with van der Waals surface area (Å²) in [6, 6.07) is 20.2. The number of Topliss-reactive ketones (excluding diaryl/α,β-unsaturated/α-hetero) is 1. The fraction of sp³-hybridized carbons (Fsp3) is 0.185. The van der Waals surface area contributed by atoms with Crippen LogP contribution >= 0.6 is 0 Å². The average molecular weight is 429 g/mol.